The van der Waals surface area contributed by atoms with Crippen LogP contribution in [-0.2, 0) is 9.09 Å². The van der Waals surface area contributed by atoms with Crippen LogP contribution in [0.5, 0.6) is 0 Å². The second kappa shape index (κ2) is 4.86. The summed E-state index contributed by atoms with van der Waals surface area (Å²) in [6, 6.07) is 0. The lowest BCUT2D eigenvalue weighted by atomic mass is 10.2. The molecule has 0 aliphatic heterocycles. The fourth-order valence-corrected chi connectivity index (χ4v) is 0.749. The Morgan fingerprint density at radius 1 is 1.78 bits per heavy atom. The Kier molecular flexibility index (Phi) is 4.87. The van der Waals surface area contributed by atoms with E-state index in [1.165, 1.54) is 6.66 Å². The SMILES string of the molecule is CC(CO)CO[P+](C)=O. The first-order chi connectivity index (χ1) is 4.16. The zero-order valence-electron chi connectivity index (χ0n) is 5.70. The highest BCUT2D eigenvalue weighted by Crippen LogP contribution is 2.16. The quantitative estimate of drug-likeness (QED) is 0.610. The van der Waals surface area contributed by atoms with Gasteiger partial charge in [0.05, 0.1) is 0 Å². The van der Waals surface area contributed by atoms with Crippen LogP contribution in [0.4, 0.5) is 0 Å². The third-order valence-electron chi connectivity index (χ3n) is 0.853. The van der Waals surface area contributed by atoms with Crippen LogP contribution in [0.1, 0.15) is 6.92 Å². The molecule has 2 atom stereocenters. The number of hydrogen-bond acceptors (Lipinski definition) is 3. The second-order valence-corrected chi connectivity index (χ2v) is 3.16. The number of rotatable bonds is 4. The van der Waals surface area contributed by atoms with E-state index in [9.17, 15) is 4.57 Å². The maximum atomic E-state index is 10.3. The van der Waals surface area contributed by atoms with Gasteiger partial charge >= 0.3 is 8.03 Å². The van der Waals surface area contributed by atoms with Gasteiger partial charge in [-0.25, -0.2) is 0 Å². The van der Waals surface area contributed by atoms with E-state index in [0.717, 1.165) is 0 Å². The maximum absolute atomic E-state index is 10.3. The molecule has 54 valence electrons. The molecule has 0 saturated heterocycles. The van der Waals surface area contributed by atoms with Crippen molar-refractivity contribution in [2.45, 2.75) is 6.92 Å². The third-order valence-corrected chi connectivity index (χ3v) is 1.37. The van der Waals surface area contributed by atoms with Crippen LogP contribution in [0.15, 0.2) is 0 Å². The van der Waals surface area contributed by atoms with Crippen LogP contribution in [0.25, 0.3) is 0 Å². The summed E-state index contributed by atoms with van der Waals surface area (Å²) in [6.07, 6.45) is 0. The molecule has 1 N–H and O–H groups in total. The molecule has 0 fully saturated rings. The van der Waals surface area contributed by atoms with Gasteiger partial charge < -0.3 is 5.11 Å². The molecule has 9 heavy (non-hydrogen) atoms. The standard InChI is InChI=1S/C5H12O3P/c1-5(3-6)4-8-9(2)7/h5-6H,3-4H2,1-2H3/q+1. The normalized spacial score (nSPS) is 15.2. The van der Waals surface area contributed by atoms with Crippen molar-refractivity contribution in [3.05, 3.63) is 0 Å². The van der Waals surface area contributed by atoms with Crippen LogP contribution in [0.2, 0.25) is 0 Å². The summed E-state index contributed by atoms with van der Waals surface area (Å²) in [5, 5.41) is 8.47. The van der Waals surface area contributed by atoms with Gasteiger partial charge in [-0.15, -0.1) is 4.52 Å². The van der Waals surface area contributed by atoms with Gasteiger partial charge in [0.15, 0.2) is 6.66 Å². The minimum absolute atomic E-state index is 0.0865. The van der Waals surface area contributed by atoms with Crippen LogP contribution < -0.4 is 0 Å². The minimum Gasteiger partial charge on any atom is -0.396 e. The summed E-state index contributed by atoms with van der Waals surface area (Å²) in [6.45, 7) is 3.80. The Morgan fingerprint density at radius 3 is 2.67 bits per heavy atom. The predicted octanol–water partition coefficient (Wildman–Crippen LogP) is 1.00. The summed E-state index contributed by atoms with van der Waals surface area (Å²) in [5.41, 5.74) is 0. The van der Waals surface area contributed by atoms with Crippen LogP contribution in [0.3, 0.4) is 0 Å². The first-order valence-corrected chi connectivity index (χ1v) is 4.44. The molecule has 2 unspecified atom stereocenters. The van der Waals surface area contributed by atoms with E-state index in [0.29, 0.717) is 6.61 Å². The van der Waals surface area contributed by atoms with E-state index in [-0.39, 0.29) is 12.5 Å². The zero-order valence-corrected chi connectivity index (χ0v) is 6.60. The molecule has 4 heteroatoms. The van der Waals surface area contributed by atoms with Crippen molar-refractivity contribution in [1.29, 1.82) is 0 Å². The summed E-state index contributed by atoms with van der Waals surface area (Å²) in [7, 11) is -1.50. The van der Waals surface area contributed by atoms with Gasteiger partial charge in [-0.05, 0) is 4.57 Å². The van der Waals surface area contributed by atoms with Gasteiger partial charge in [-0.2, -0.15) is 0 Å². The Bertz CT molecular complexity index is 94.2. The largest absolute Gasteiger partial charge is 0.504 e. The summed E-state index contributed by atoms with van der Waals surface area (Å²) >= 11 is 0. The summed E-state index contributed by atoms with van der Waals surface area (Å²) in [5.74, 6) is 0.0869. The Morgan fingerprint density at radius 2 is 2.33 bits per heavy atom. The molecule has 3 nitrogen and oxygen atoms in total. The van der Waals surface area contributed by atoms with Crippen molar-refractivity contribution >= 4 is 8.03 Å². The average molecular weight is 151 g/mol. The fraction of sp³-hybridized carbons (Fsp3) is 1.00. The van der Waals surface area contributed by atoms with E-state index < -0.39 is 8.03 Å². The lowest BCUT2D eigenvalue weighted by molar-refractivity contribution is 0.180. The Hall–Kier alpha value is 0.0200. The van der Waals surface area contributed by atoms with Crippen molar-refractivity contribution in [1.82, 2.24) is 0 Å². The highest BCUT2D eigenvalue weighted by Gasteiger charge is 2.09. The van der Waals surface area contributed by atoms with Gasteiger partial charge in [-0.3, -0.25) is 0 Å². The molecule has 0 aliphatic carbocycles. The van der Waals surface area contributed by atoms with E-state index >= 15 is 0 Å². The van der Waals surface area contributed by atoms with Crippen molar-refractivity contribution < 1.29 is 14.2 Å². The monoisotopic (exact) mass is 151 g/mol. The molecule has 0 rings (SSSR count). The molecular formula is C5H12O3P+. The van der Waals surface area contributed by atoms with Gasteiger partial charge in [0.2, 0.25) is 0 Å². The smallest absolute Gasteiger partial charge is 0.396 e. The maximum Gasteiger partial charge on any atom is 0.504 e. The summed E-state index contributed by atoms with van der Waals surface area (Å²) < 4.78 is 15.1. The fourth-order valence-electron chi connectivity index (χ4n) is 0.285. The second-order valence-electron chi connectivity index (χ2n) is 2.02. The Labute approximate surface area is 55.9 Å². The van der Waals surface area contributed by atoms with Gasteiger partial charge in [0, 0.05) is 12.5 Å². The lowest BCUT2D eigenvalue weighted by Crippen LogP contribution is -2.06. The van der Waals surface area contributed by atoms with E-state index in [1.54, 1.807) is 0 Å². The van der Waals surface area contributed by atoms with Crippen molar-refractivity contribution in [2.24, 2.45) is 5.92 Å². The third kappa shape index (κ3) is 5.90. The number of hydrogen-bond donors (Lipinski definition) is 1. The molecule has 0 aromatic carbocycles. The molecular weight excluding hydrogens is 139 g/mol. The highest BCUT2D eigenvalue weighted by atomic mass is 31.1. The van der Waals surface area contributed by atoms with E-state index in [1.807, 2.05) is 6.92 Å². The highest BCUT2D eigenvalue weighted by molar-refractivity contribution is 7.38. The predicted molar refractivity (Wildman–Crippen MR) is 35.7 cm³/mol. The first-order valence-electron chi connectivity index (χ1n) is 2.81. The van der Waals surface area contributed by atoms with E-state index in [2.05, 4.69) is 0 Å². The number of aliphatic hydroxyl groups is 1. The number of aliphatic hydroxyl groups excluding tert-OH is 1. The van der Waals surface area contributed by atoms with E-state index in [4.69, 9.17) is 9.63 Å². The Balaban J connectivity index is 3.16. The molecule has 0 aromatic heterocycles. The average Bonchev–Trinajstić information content (AvgIpc) is 1.83. The molecule has 0 amide bonds. The molecule has 0 radical (unpaired) electrons. The van der Waals surface area contributed by atoms with Crippen molar-refractivity contribution in [3.63, 3.8) is 0 Å². The van der Waals surface area contributed by atoms with Gasteiger partial charge in [-0.1, -0.05) is 6.92 Å². The van der Waals surface area contributed by atoms with Crippen molar-refractivity contribution in [3.8, 4) is 0 Å². The molecule has 0 aliphatic rings. The molecule has 0 heterocycles. The molecule has 0 bridgehead atoms. The molecule has 0 saturated carbocycles. The van der Waals surface area contributed by atoms with Crippen LogP contribution in [-0.4, -0.2) is 25.0 Å². The minimum atomic E-state index is -1.50. The molecule has 0 spiro atoms. The van der Waals surface area contributed by atoms with Crippen LogP contribution >= 0.6 is 8.03 Å². The van der Waals surface area contributed by atoms with Gasteiger partial charge in [0.25, 0.3) is 0 Å². The topological polar surface area (TPSA) is 46.5 Å². The molecule has 0 aromatic rings. The van der Waals surface area contributed by atoms with Crippen LogP contribution in [0, 0.1) is 5.92 Å². The zero-order chi connectivity index (χ0) is 7.28. The summed E-state index contributed by atoms with van der Waals surface area (Å²) in [4.78, 5) is 0. The van der Waals surface area contributed by atoms with Gasteiger partial charge in [0.1, 0.15) is 6.61 Å². The lowest BCUT2D eigenvalue weighted by Gasteiger charge is -1.99. The first kappa shape index (κ1) is 9.02. The van der Waals surface area contributed by atoms with Crippen molar-refractivity contribution in [2.75, 3.05) is 19.9 Å².